The van der Waals surface area contributed by atoms with Crippen molar-refractivity contribution in [2.45, 2.75) is 18.5 Å². The van der Waals surface area contributed by atoms with Crippen LogP contribution < -0.4 is 5.73 Å². The Kier molecular flexibility index (Phi) is 4.59. The lowest BCUT2D eigenvalue weighted by molar-refractivity contribution is 0.234. The van der Waals surface area contributed by atoms with Gasteiger partial charge >= 0.3 is 0 Å². The van der Waals surface area contributed by atoms with Gasteiger partial charge in [-0.15, -0.1) is 0 Å². The van der Waals surface area contributed by atoms with Gasteiger partial charge in [0.1, 0.15) is 11.6 Å². The molecule has 2 rings (SSSR count). The van der Waals surface area contributed by atoms with E-state index in [-0.39, 0.29) is 24.1 Å². The zero-order chi connectivity index (χ0) is 13.1. The molecule has 0 spiro atoms. The maximum Gasteiger partial charge on any atom is 0.129 e. The standard InChI is InChI=1S/C13H18F2N2S/c1-17-5-6-18-8-13(17)12(16)7-9-10(14)3-2-4-11(9)15/h2-4,12-13H,5-8,16H2,1H3. The summed E-state index contributed by atoms with van der Waals surface area (Å²) < 4.78 is 27.1. The van der Waals surface area contributed by atoms with Crippen molar-refractivity contribution in [3.8, 4) is 0 Å². The van der Waals surface area contributed by atoms with E-state index in [0.717, 1.165) is 18.1 Å². The zero-order valence-electron chi connectivity index (χ0n) is 10.4. The second kappa shape index (κ2) is 5.99. The van der Waals surface area contributed by atoms with E-state index < -0.39 is 11.6 Å². The maximum atomic E-state index is 13.6. The van der Waals surface area contributed by atoms with Gasteiger partial charge in [0.25, 0.3) is 0 Å². The second-order valence-corrected chi connectivity index (χ2v) is 5.84. The number of hydrogen-bond donors (Lipinski definition) is 1. The predicted molar refractivity (Wildman–Crippen MR) is 71.8 cm³/mol. The summed E-state index contributed by atoms with van der Waals surface area (Å²) in [4.78, 5) is 2.18. The fourth-order valence-corrected chi connectivity index (χ4v) is 3.58. The van der Waals surface area contributed by atoms with Gasteiger partial charge in [-0.2, -0.15) is 11.8 Å². The van der Waals surface area contributed by atoms with Crippen LogP contribution in [0.1, 0.15) is 5.56 Å². The monoisotopic (exact) mass is 272 g/mol. The van der Waals surface area contributed by atoms with Gasteiger partial charge in [0.2, 0.25) is 0 Å². The first kappa shape index (κ1) is 13.8. The van der Waals surface area contributed by atoms with Gasteiger partial charge in [0, 0.05) is 35.7 Å². The number of nitrogens with zero attached hydrogens (tertiary/aromatic N) is 1. The van der Waals surface area contributed by atoms with Crippen molar-refractivity contribution in [2.75, 3.05) is 25.1 Å². The van der Waals surface area contributed by atoms with Crippen LogP contribution in [0.25, 0.3) is 0 Å². The molecule has 100 valence electrons. The maximum absolute atomic E-state index is 13.6. The van der Waals surface area contributed by atoms with E-state index in [1.165, 1.54) is 18.2 Å². The molecule has 0 aromatic heterocycles. The third kappa shape index (κ3) is 3.02. The fourth-order valence-electron chi connectivity index (χ4n) is 2.26. The topological polar surface area (TPSA) is 29.3 Å². The highest BCUT2D eigenvalue weighted by Gasteiger charge is 2.26. The Balaban J connectivity index is 2.08. The second-order valence-electron chi connectivity index (χ2n) is 4.69. The molecule has 18 heavy (non-hydrogen) atoms. The lowest BCUT2D eigenvalue weighted by Gasteiger charge is -2.36. The highest BCUT2D eigenvalue weighted by atomic mass is 32.2. The van der Waals surface area contributed by atoms with Gasteiger partial charge in [0.15, 0.2) is 0 Å². The van der Waals surface area contributed by atoms with E-state index in [1.807, 2.05) is 18.8 Å². The van der Waals surface area contributed by atoms with Gasteiger partial charge in [-0.25, -0.2) is 8.78 Å². The van der Waals surface area contributed by atoms with Crippen LogP contribution in [-0.4, -0.2) is 42.1 Å². The Bertz CT molecular complexity index is 394. The van der Waals surface area contributed by atoms with E-state index >= 15 is 0 Å². The molecule has 0 amide bonds. The summed E-state index contributed by atoms with van der Waals surface area (Å²) in [5.41, 5.74) is 6.23. The molecule has 1 aromatic carbocycles. The number of rotatable bonds is 3. The first-order valence-corrected chi connectivity index (χ1v) is 7.21. The number of hydrogen-bond acceptors (Lipinski definition) is 3. The van der Waals surface area contributed by atoms with Crippen LogP contribution in [0.15, 0.2) is 18.2 Å². The van der Waals surface area contributed by atoms with Crippen LogP contribution in [-0.2, 0) is 6.42 Å². The van der Waals surface area contributed by atoms with Crippen molar-refractivity contribution in [2.24, 2.45) is 5.73 Å². The SMILES string of the molecule is CN1CCSCC1C(N)Cc1c(F)cccc1F. The molecule has 1 aromatic rings. The number of halogens is 2. The van der Waals surface area contributed by atoms with E-state index in [0.29, 0.717) is 0 Å². The van der Waals surface area contributed by atoms with Crippen molar-refractivity contribution in [1.29, 1.82) is 0 Å². The van der Waals surface area contributed by atoms with Crippen LogP contribution >= 0.6 is 11.8 Å². The lowest BCUT2D eigenvalue weighted by atomic mass is 9.99. The number of thioether (sulfide) groups is 1. The van der Waals surface area contributed by atoms with Gasteiger partial charge in [0.05, 0.1) is 0 Å². The molecule has 5 heteroatoms. The van der Waals surface area contributed by atoms with E-state index in [4.69, 9.17) is 5.73 Å². The Labute approximate surface area is 111 Å². The minimum absolute atomic E-state index is 0.106. The van der Waals surface area contributed by atoms with E-state index in [1.54, 1.807) is 0 Å². The van der Waals surface area contributed by atoms with Crippen molar-refractivity contribution < 1.29 is 8.78 Å². The molecule has 1 aliphatic rings. The summed E-state index contributed by atoms with van der Waals surface area (Å²) >= 11 is 1.84. The highest BCUT2D eigenvalue weighted by Crippen LogP contribution is 2.20. The average Bonchev–Trinajstić information content (AvgIpc) is 2.34. The molecule has 0 bridgehead atoms. The molecule has 0 saturated carbocycles. The van der Waals surface area contributed by atoms with Crippen molar-refractivity contribution in [3.63, 3.8) is 0 Å². The smallest absolute Gasteiger partial charge is 0.129 e. The van der Waals surface area contributed by atoms with Gasteiger partial charge in [-0.1, -0.05) is 6.07 Å². The Morgan fingerprint density at radius 3 is 2.72 bits per heavy atom. The van der Waals surface area contributed by atoms with E-state index in [9.17, 15) is 8.78 Å². The average molecular weight is 272 g/mol. The molecule has 1 aliphatic heterocycles. The van der Waals surface area contributed by atoms with Crippen LogP contribution in [0.4, 0.5) is 8.78 Å². The summed E-state index contributed by atoms with van der Waals surface area (Å²) in [5, 5.41) is 0. The Morgan fingerprint density at radius 1 is 1.44 bits per heavy atom. The molecule has 2 nitrogen and oxygen atoms in total. The lowest BCUT2D eigenvalue weighted by Crippen LogP contribution is -2.51. The summed E-state index contributed by atoms with van der Waals surface area (Å²) in [6.45, 7) is 0.975. The van der Waals surface area contributed by atoms with Gasteiger partial charge in [-0.3, -0.25) is 0 Å². The summed E-state index contributed by atoms with van der Waals surface area (Å²) in [5.74, 6) is 1.01. The van der Waals surface area contributed by atoms with Gasteiger partial charge in [-0.05, 0) is 25.6 Å². The fraction of sp³-hybridized carbons (Fsp3) is 0.538. The number of likely N-dealkylation sites (N-methyl/N-ethyl adjacent to an activating group) is 1. The van der Waals surface area contributed by atoms with Crippen molar-refractivity contribution in [1.82, 2.24) is 4.90 Å². The Morgan fingerprint density at radius 2 is 2.11 bits per heavy atom. The molecular weight excluding hydrogens is 254 g/mol. The molecule has 2 atom stereocenters. The first-order chi connectivity index (χ1) is 8.59. The number of benzene rings is 1. The van der Waals surface area contributed by atoms with Crippen LogP contribution in [0.2, 0.25) is 0 Å². The third-order valence-corrected chi connectivity index (χ3v) is 4.49. The largest absolute Gasteiger partial charge is 0.326 e. The molecule has 1 fully saturated rings. The molecule has 0 aliphatic carbocycles. The van der Waals surface area contributed by atoms with Crippen LogP contribution in [0, 0.1) is 11.6 Å². The minimum Gasteiger partial charge on any atom is -0.326 e. The first-order valence-electron chi connectivity index (χ1n) is 6.06. The summed E-state index contributed by atoms with van der Waals surface area (Å²) in [6, 6.07) is 3.88. The zero-order valence-corrected chi connectivity index (χ0v) is 11.2. The predicted octanol–water partition coefficient (Wildman–Crippen LogP) is 1.88. The molecule has 1 heterocycles. The summed E-state index contributed by atoms with van der Waals surface area (Å²) in [6.07, 6.45) is 0.244. The van der Waals surface area contributed by atoms with Crippen molar-refractivity contribution in [3.05, 3.63) is 35.4 Å². The number of nitrogens with two attached hydrogens (primary N) is 1. The third-order valence-electron chi connectivity index (χ3n) is 3.44. The quantitative estimate of drug-likeness (QED) is 0.911. The summed E-state index contributed by atoms with van der Waals surface area (Å²) in [7, 11) is 2.02. The molecule has 2 unspecified atom stereocenters. The minimum atomic E-state index is -0.503. The van der Waals surface area contributed by atoms with E-state index in [2.05, 4.69) is 4.90 Å². The van der Waals surface area contributed by atoms with Crippen LogP contribution in [0.5, 0.6) is 0 Å². The molecular formula is C13H18F2N2S. The van der Waals surface area contributed by atoms with Gasteiger partial charge < -0.3 is 10.6 Å². The molecule has 2 N–H and O–H groups in total. The highest BCUT2D eigenvalue weighted by molar-refractivity contribution is 7.99. The molecule has 1 saturated heterocycles. The van der Waals surface area contributed by atoms with Crippen LogP contribution in [0.3, 0.4) is 0 Å². The normalized spacial score (nSPS) is 23.0. The van der Waals surface area contributed by atoms with Crippen molar-refractivity contribution >= 4 is 11.8 Å². The Hall–Kier alpha value is -0.650. The molecule has 0 radical (unpaired) electrons.